The number of benzene rings is 2. The van der Waals surface area contributed by atoms with Crippen molar-refractivity contribution < 1.29 is 9.13 Å². The van der Waals surface area contributed by atoms with E-state index in [0.717, 1.165) is 36.7 Å². The molecule has 0 heterocycles. The van der Waals surface area contributed by atoms with Crippen molar-refractivity contribution in [2.75, 3.05) is 6.61 Å². The van der Waals surface area contributed by atoms with E-state index < -0.39 is 5.82 Å². The van der Waals surface area contributed by atoms with E-state index in [9.17, 15) is 4.39 Å². The van der Waals surface area contributed by atoms with Crippen molar-refractivity contribution >= 4 is 11.6 Å². The van der Waals surface area contributed by atoms with Crippen LogP contribution in [0.1, 0.15) is 57.9 Å². The van der Waals surface area contributed by atoms with Gasteiger partial charge < -0.3 is 4.74 Å². The number of halogens is 2. The average molecular weight is 415 g/mol. The molecule has 0 N–H and O–H groups in total. The molecule has 29 heavy (non-hydrogen) atoms. The number of hydrogen-bond donors (Lipinski definition) is 0. The van der Waals surface area contributed by atoms with Crippen LogP contribution >= 0.6 is 11.6 Å². The summed E-state index contributed by atoms with van der Waals surface area (Å²) < 4.78 is 19.9. The Labute approximate surface area is 179 Å². The van der Waals surface area contributed by atoms with E-state index in [-0.39, 0.29) is 10.8 Å². The maximum Gasteiger partial charge on any atom is 0.184 e. The summed E-state index contributed by atoms with van der Waals surface area (Å²) in [6.07, 6.45) is 13.1. The summed E-state index contributed by atoms with van der Waals surface area (Å²) in [5, 5.41) is 0.121. The molecule has 0 aromatic heterocycles. The molecule has 0 radical (unpaired) electrons. The van der Waals surface area contributed by atoms with Gasteiger partial charge in [0.15, 0.2) is 11.6 Å². The van der Waals surface area contributed by atoms with Gasteiger partial charge >= 0.3 is 0 Å². The van der Waals surface area contributed by atoms with Crippen molar-refractivity contribution in [1.29, 1.82) is 0 Å². The average Bonchev–Trinajstić information content (AvgIpc) is 2.74. The second-order valence-electron chi connectivity index (χ2n) is 8.27. The molecule has 0 atom stereocenters. The zero-order valence-electron chi connectivity index (χ0n) is 17.6. The van der Waals surface area contributed by atoms with Crippen LogP contribution < -0.4 is 4.74 Å². The van der Waals surface area contributed by atoms with E-state index in [1.54, 1.807) is 6.07 Å². The first-order chi connectivity index (χ1) is 14.1. The molecule has 0 bridgehead atoms. The summed E-state index contributed by atoms with van der Waals surface area (Å²) in [6.45, 7) is 4.83. The Bertz CT molecular complexity index is 804. The first-order valence-electron chi connectivity index (χ1n) is 10.9. The lowest BCUT2D eigenvalue weighted by molar-refractivity contribution is 0.301. The lowest BCUT2D eigenvalue weighted by Crippen LogP contribution is -2.09. The van der Waals surface area contributed by atoms with Gasteiger partial charge in [0, 0.05) is 5.56 Å². The van der Waals surface area contributed by atoms with Crippen LogP contribution in [0.4, 0.5) is 4.39 Å². The first kappa shape index (κ1) is 21.9. The third-order valence-corrected chi connectivity index (χ3v) is 6.21. The topological polar surface area (TPSA) is 9.23 Å². The van der Waals surface area contributed by atoms with Crippen molar-refractivity contribution in [3.8, 4) is 16.9 Å². The molecule has 2 aromatic rings. The minimum Gasteiger partial charge on any atom is -0.490 e. The fraction of sp³-hybridized carbons (Fsp3) is 0.462. The van der Waals surface area contributed by atoms with E-state index >= 15 is 0 Å². The predicted molar refractivity (Wildman–Crippen MR) is 121 cm³/mol. The highest BCUT2D eigenvalue weighted by atomic mass is 35.5. The van der Waals surface area contributed by atoms with Crippen molar-refractivity contribution in [3.05, 3.63) is 65.0 Å². The number of rotatable bonds is 8. The van der Waals surface area contributed by atoms with Crippen LogP contribution in [0.3, 0.4) is 0 Å². The number of allylic oxidation sites excluding steroid dienone is 2. The van der Waals surface area contributed by atoms with Crippen LogP contribution in [-0.4, -0.2) is 6.61 Å². The second kappa shape index (κ2) is 10.8. The second-order valence-corrected chi connectivity index (χ2v) is 8.65. The van der Waals surface area contributed by atoms with Crippen molar-refractivity contribution in [3.63, 3.8) is 0 Å². The molecule has 1 nitrogen and oxygen atoms in total. The highest BCUT2D eigenvalue weighted by Gasteiger charge is 2.16. The van der Waals surface area contributed by atoms with Crippen LogP contribution in [0, 0.1) is 17.7 Å². The predicted octanol–water partition coefficient (Wildman–Crippen LogP) is 8.25. The van der Waals surface area contributed by atoms with Crippen LogP contribution in [0.5, 0.6) is 5.75 Å². The Morgan fingerprint density at radius 3 is 2.48 bits per heavy atom. The zero-order valence-corrected chi connectivity index (χ0v) is 18.4. The summed E-state index contributed by atoms with van der Waals surface area (Å²) >= 11 is 6.27. The van der Waals surface area contributed by atoms with Gasteiger partial charge in [0.1, 0.15) is 0 Å². The SMILES string of the molecule is CCCOc1ccc(-c2ccc(CCC=CC3CCC(C)CC3)cc2)c(Cl)c1F. The van der Waals surface area contributed by atoms with Gasteiger partial charge in [-0.1, -0.05) is 74.7 Å². The van der Waals surface area contributed by atoms with E-state index in [4.69, 9.17) is 16.3 Å². The highest BCUT2D eigenvalue weighted by molar-refractivity contribution is 6.33. The maximum absolute atomic E-state index is 14.5. The molecule has 3 rings (SSSR count). The number of hydrogen-bond acceptors (Lipinski definition) is 1. The standard InChI is InChI=1S/C26H32ClFO/c1-3-18-29-24-17-16-23(25(27)26(24)28)22-14-12-21(13-15-22)7-5-4-6-20-10-8-19(2)9-11-20/h4,6,12-17,19-20H,3,5,7-11,18H2,1-2H3. The largest absolute Gasteiger partial charge is 0.490 e. The third kappa shape index (κ3) is 6.09. The van der Waals surface area contributed by atoms with Crippen molar-refractivity contribution in [2.45, 2.75) is 58.8 Å². The van der Waals surface area contributed by atoms with E-state index in [2.05, 4.69) is 31.2 Å². The molecule has 0 saturated heterocycles. The smallest absolute Gasteiger partial charge is 0.184 e. The summed E-state index contributed by atoms with van der Waals surface area (Å²) in [6, 6.07) is 11.8. The summed E-state index contributed by atoms with van der Waals surface area (Å²) in [5.74, 6) is 1.41. The number of ether oxygens (including phenoxy) is 1. The lowest BCUT2D eigenvalue weighted by Gasteiger charge is -2.23. The molecule has 0 spiro atoms. The molecule has 0 aliphatic heterocycles. The van der Waals surface area contributed by atoms with Crippen LogP contribution in [0.25, 0.3) is 11.1 Å². The molecule has 1 aliphatic carbocycles. The van der Waals surface area contributed by atoms with Crippen LogP contribution in [0.15, 0.2) is 48.6 Å². The molecular weight excluding hydrogens is 383 g/mol. The van der Waals surface area contributed by atoms with E-state index in [1.807, 2.05) is 25.1 Å². The highest BCUT2D eigenvalue weighted by Crippen LogP contribution is 2.35. The van der Waals surface area contributed by atoms with E-state index in [1.165, 1.54) is 31.2 Å². The Kier molecular flexibility index (Phi) is 8.18. The van der Waals surface area contributed by atoms with Gasteiger partial charge in [-0.05, 0) is 67.2 Å². The Morgan fingerprint density at radius 1 is 1.07 bits per heavy atom. The fourth-order valence-corrected chi connectivity index (χ4v) is 4.21. The lowest BCUT2D eigenvalue weighted by atomic mass is 9.83. The van der Waals surface area contributed by atoms with Gasteiger partial charge in [0.25, 0.3) is 0 Å². The minimum absolute atomic E-state index is 0.121. The Balaban J connectivity index is 1.56. The fourth-order valence-electron chi connectivity index (χ4n) is 3.95. The molecule has 1 saturated carbocycles. The summed E-state index contributed by atoms with van der Waals surface area (Å²) in [4.78, 5) is 0. The van der Waals surface area contributed by atoms with Crippen molar-refractivity contribution in [1.82, 2.24) is 0 Å². The summed E-state index contributed by atoms with van der Waals surface area (Å²) in [7, 11) is 0. The summed E-state index contributed by atoms with van der Waals surface area (Å²) in [5.41, 5.74) is 2.91. The van der Waals surface area contributed by atoms with Crippen molar-refractivity contribution in [2.24, 2.45) is 11.8 Å². The molecule has 1 fully saturated rings. The maximum atomic E-state index is 14.5. The number of aryl methyl sites for hydroxylation is 1. The van der Waals surface area contributed by atoms with Gasteiger partial charge in [0.2, 0.25) is 0 Å². The monoisotopic (exact) mass is 414 g/mol. The molecular formula is C26H32ClFO. The zero-order chi connectivity index (χ0) is 20.6. The third-order valence-electron chi connectivity index (χ3n) is 5.84. The van der Waals surface area contributed by atoms with Crippen LogP contribution in [0.2, 0.25) is 5.02 Å². The van der Waals surface area contributed by atoms with Gasteiger partial charge in [-0.3, -0.25) is 0 Å². The Morgan fingerprint density at radius 2 is 1.79 bits per heavy atom. The minimum atomic E-state index is -0.482. The van der Waals surface area contributed by atoms with Gasteiger partial charge in [0.05, 0.1) is 11.6 Å². The first-order valence-corrected chi connectivity index (χ1v) is 11.3. The molecule has 0 unspecified atom stereocenters. The molecule has 156 valence electrons. The molecule has 1 aliphatic rings. The molecule has 2 aromatic carbocycles. The molecule has 3 heteroatoms. The van der Waals surface area contributed by atoms with Crippen LogP contribution in [-0.2, 0) is 6.42 Å². The van der Waals surface area contributed by atoms with Gasteiger partial charge in [-0.25, -0.2) is 4.39 Å². The van der Waals surface area contributed by atoms with E-state index in [0.29, 0.717) is 12.2 Å². The van der Waals surface area contributed by atoms with Gasteiger partial charge in [-0.15, -0.1) is 0 Å². The van der Waals surface area contributed by atoms with Gasteiger partial charge in [-0.2, -0.15) is 0 Å². The quantitative estimate of drug-likeness (QED) is 0.395. The normalized spacial score (nSPS) is 19.6. The Hall–Kier alpha value is -1.80. The molecule has 0 amide bonds.